The number of aliphatic hydroxyl groups is 1. The van der Waals surface area contributed by atoms with Crippen LogP contribution in [0.3, 0.4) is 0 Å². The molecule has 1 atom stereocenters. The number of esters is 1. The molecule has 0 aliphatic rings. The van der Waals surface area contributed by atoms with Crippen LogP contribution in [-0.4, -0.2) is 35.3 Å². The van der Waals surface area contributed by atoms with Crippen LogP contribution in [0.1, 0.15) is 22.8 Å². The highest BCUT2D eigenvalue weighted by atomic mass is 35.5. The van der Waals surface area contributed by atoms with Gasteiger partial charge in [0.15, 0.2) is 0 Å². The minimum atomic E-state index is -0.471. The highest BCUT2D eigenvalue weighted by molar-refractivity contribution is 5.91. The van der Waals surface area contributed by atoms with Gasteiger partial charge in [-0.15, -0.1) is 24.8 Å². The van der Waals surface area contributed by atoms with Crippen LogP contribution in [0.2, 0.25) is 0 Å². The summed E-state index contributed by atoms with van der Waals surface area (Å²) in [7, 11) is 0. The number of nitrogens with two attached hydrogens (primary N) is 1. The number of ether oxygens (including phenoxy) is 2. The van der Waals surface area contributed by atoms with E-state index in [1.807, 2.05) is 12.1 Å². The molecule has 3 N–H and O–H groups in total. The van der Waals surface area contributed by atoms with Crippen molar-refractivity contribution >= 4 is 30.8 Å². The molecule has 0 saturated heterocycles. The molecule has 138 valence electrons. The number of hydrogen-bond acceptors (Lipinski definition) is 6. The second-order valence-corrected chi connectivity index (χ2v) is 4.97. The topological polar surface area (TPSA) is 94.7 Å². The van der Waals surface area contributed by atoms with Gasteiger partial charge in [0.25, 0.3) is 0 Å². The van der Waals surface area contributed by atoms with Gasteiger partial charge in [-0.2, -0.15) is 0 Å². The zero-order valence-corrected chi connectivity index (χ0v) is 15.4. The fourth-order valence-electron chi connectivity index (χ4n) is 2.01. The number of rotatable bonds is 7. The lowest BCUT2D eigenvalue weighted by Gasteiger charge is -2.11. The third kappa shape index (κ3) is 6.88. The van der Waals surface area contributed by atoms with Gasteiger partial charge in [0, 0.05) is 12.2 Å². The number of hydrogen-bond donors (Lipinski definition) is 2. The van der Waals surface area contributed by atoms with Gasteiger partial charge >= 0.3 is 5.97 Å². The lowest BCUT2D eigenvalue weighted by molar-refractivity contribution is 0.0522. The Balaban J connectivity index is 0.00000288. The van der Waals surface area contributed by atoms with Crippen molar-refractivity contribution in [2.75, 3.05) is 13.2 Å². The van der Waals surface area contributed by atoms with Crippen molar-refractivity contribution in [1.82, 2.24) is 4.98 Å². The first kappa shape index (κ1) is 23.1. The smallest absolute Gasteiger partial charge is 0.343 e. The molecule has 0 spiro atoms. The zero-order valence-electron chi connectivity index (χ0n) is 13.8. The first-order valence-electron chi connectivity index (χ1n) is 7.39. The van der Waals surface area contributed by atoms with Crippen LogP contribution in [0.5, 0.6) is 11.6 Å². The lowest BCUT2D eigenvalue weighted by Crippen LogP contribution is -2.26. The molecule has 1 aromatic carbocycles. The van der Waals surface area contributed by atoms with Crippen LogP contribution in [0.25, 0.3) is 0 Å². The molecule has 1 heterocycles. The monoisotopic (exact) mass is 388 g/mol. The number of aliphatic hydroxyl groups excluding tert-OH is 1. The number of carbonyl (C=O) groups excluding carboxylic acids is 1. The molecule has 0 saturated carbocycles. The zero-order chi connectivity index (χ0) is 16.7. The Kier molecular flexibility index (Phi) is 10.8. The fourth-order valence-corrected chi connectivity index (χ4v) is 2.01. The van der Waals surface area contributed by atoms with Gasteiger partial charge in [-0.25, -0.2) is 9.78 Å². The Bertz CT molecular complexity index is 653. The van der Waals surface area contributed by atoms with E-state index in [1.54, 1.807) is 37.4 Å². The van der Waals surface area contributed by atoms with Crippen molar-refractivity contribution in [1.29, 1.82) is 0 Å². The molecule has 0 aliphatic carbocycles. The SMILES string of the molecule is CCOC(=O)c1cccnc1Oc1ccc(CC(N)CO)cc1.Cl.Cl. The van der Waals surface area contributed by atoms with Crippen LogP contribution < -0.4 is 10.5 Å². The molecule has 6 nitrogen and oxygen atoms in total. The summed E-state index contributed by atoms with van der Waals surface area (Å²) in [4.78, 5) is 16.0. The standard InChI is InChI=1S/C17H20N2O4.2ClH/c1-2-22-17(21)15-4-3-9-19-16(15)23-14-7-5-12(6-8-14)10-13(18)11-20;;/h3-9,13,20H,2,10-11,18H2,1H3;2*1H. The minimum Gasteiger partial charge on any atom is -0.462 e. The summed E-state index contributed by atoms with van der Waals surface area (Å²) in [5.41, 5.74) is 6.98. The summed E-state index contributed by atoms with van der Waals surface area (Å²) in [5.74, 6) is 0.280. The fraction of sp³-hybridized carbons (Fsp3) is 0.294. The van der Waals surface area contributed by atoms with E-state index in [0.29, 0.717) is 12.2 Å². The third-order valence-corrected chi connectivity index (χ3v) is 3.14. The van der Waals surface area contributed by atoms with Crippen LogP contribution >= 0.6 is 24.8 Å². The van der Waals surface area contributed by atoms with Gasteiger partial charge in [-0.1, -0.05) is 12.1 Å². The number of carbonyl (C=O) groups is 1. The summed E-state index contributed by atoms with van der Waals surface area (Å²) in [6.07, 6.45) is 2.13. The van der Waals surface area contributed by atoms with E-state index in [0.717, 1.165) is 5.56 Å². The molecule has 2 aromatic rings. The quantitative estimate of drug-likeness (QED) is 0.708. The maximum absolute atomic E-state index is 11.9. The van der Waals surface area contributed by atoms with E-state index in [2.05, 4.69) is 4.98 Å². The number of halogens is 2. The van der Waals surface area contributed by atoms with Gasteiger partial charge < -0.3 is 20.3 Å². The second kappa shape index (κ2) is 11.7. The molecular weight excluding hydrogens is 367 g/mol. The molecule has 2 rings (SSSR count). The van der Waals surface area contributed by atoms with Crippen molar-refractivity contribution in [2.24, 2.45) is 5.73 Å². The summed E-state index contributed by atoms with van der Waals surface area (Å²) in [5, 5.41) is 8.97. The Labute approximate surface area is 159 Å². The third-order valence-electron chi connectivity index (χ3n) is 3.14. The molecule has 8 heteroatoms. The lowest BCUT2D eigenvalue weighted by atomic mass is 10.1. The Hall–Kier alpha value is -1.86. The van der Waals surface area contributed by atoms with Gasteiger partial charge in [0.1, 0.15) is 11.3 Å². The van der Waals surface area contributed by atoms with Gasteiger partial charge in [-0.05, 0) is 43.2 Å². The number of benzene rings is 1. The van der Waals surface area contributed by atoms with Gasteiger partial charge in [-0.3, -0.25) is 0 Å². The summed E-state index contributed by atoms with van der Waals surface area (Å²) >= 11 is 0. The number of aromatic nitrogens is 1. The molecule has 1 aromatic heterocycles. The van der Waals surface area contributed by atoms with Crippen molar-refractivity contribution in [3.05, 3.63) is 53.7 Å². The van der Waals surface area contributed by atoms with Gasteiger partial charge in [0.2, 0.25) is 5.88 Å². The largest absolute Gasteiger partial charge is 0.462 e. The minimum absolute atomic E-state index is 0. The summed E-state index contributed by atoms with van der Waals surface area (Å²) in [6.45, 7) is 1.96. The molecule has 1 unspecified atom stereocenters. The van der Waals surface area contributed by atoms with Gasteiger partial charge in [0.05, 0.1) is 13.2 Å². The van der Waals surface area contributed by atoms with Crippen LogP contribution in [0.4, 0.5) is 0 Å². The molecule has 0 fully saturated rings. The Morgan fingerprint density at radius 3 is 2.52 bits per heavy atom. The number of pyridine rings is 1. The average molecular weight is 389 g/mol. The molecule has 25 heavy (non-hydrogen) atoms. The highest BCUT2D eigenvalue weighted by Gasteiger charge is 2.15. The Morgan fingerprint density at radius 2 is 1.92 bits per heavy atom. The summed E-state index contributed by atoms with van der Waals surface area (Å²) < 4.78 is 10.7. The predicted octanol–water partition coefficient (Wildman–Crippen LogP) is 2.76. The van der Waals surface area contributed by atoms with Crippen LogP contribution in [-0.2, 0) is 11.2 Å². The maximum atomic E-state index is 11.9. The molecule has 0 radical (unpaired) electrons. The van der Waals surface area contributed by atoms with E-state index >= 15 is 0 Å². The molecular formula is C17H22Cl2N2O4. The van der Waals surface area contributed by atoms with Crippen LogP contribution in [0, 0.1) is 0 Å². The maximum Gasteiger partial charge on any atom is 0.343 e. The number of nitrogens with zero attached hydrogens (tertiary/aromatic N) is 1. The van der Waals surface area contributed by atoms with E-state index in [4.69, 9.17) is 20.3 Å². The second-order valence-electron chi connectivity index (χ2n) is 4.97. The molecule has 0 aliphatic heterocycles. The van der Waals surface area contributed by atoms with Crippen molar-refractivity contribution in [3.63, 3.8) is 0 Å². The first-order chi connectivity index (χ1) is 11.1. The van der Waals surface area contributed by atoms with Crippen molar-refractivity contribution < 1.29 is 19.4 Å². The van der Waals surface area contributed by atoms with Crippen molar-refractivity contribution in [3.8, 4) is 11.6 Å². The Morgan fingerprint density at radius 1 is 1.24 bits per heavy atom. The first-order valence-corrected chi connectivity index (χ1v) is 7.39. The van der Waals surface area contributed by atoms with Crippen LogP contribution in [0.15, 0.2) is 42.6 Å². The van der Waals surface area contributed by atoms with E-state index in [-0.39, 0.29) is 55.5 Å². The predicted molar refractivity (Wildman–Crippen MR) is 100.0 cm³/mol. The highest BCUT2D eigenvalue weighted by Crippen LogP contribution is 2.24. The normalized spacial score (nSPS) is 10.8. The van der Waals surface area contributed by atoms with E-state index in [1.165, 1.54) is 0 Å². The summed E-state index contributed by atoms with van der Waals surface area (Å²) in [6, 6.07) is 10.2. The molecule has 0 bridgehead atoms. The van der Waals surface area contributed by atoms with E-state index in [9.17, 15) is 4.79 Å². The van der Waals surface area contributed by atoms with Crippen molar-refractivity contribution in [2.45, 2.75) is 19.4 Å². The average Bonchev–Trinajstić information content (AvgIpc) is 2.57. The van der Waals surface area contributed by atoms with E-state index < -0.39 is 5.97 Å². The molecule has 0 amide bonds.